The molecule has 0 aromatic carbocycles. The molecule has 0 saturated carbocycles. The van der Waals surface area contributed by atoms with Crippen LogP contribution in [-0.2, 0) is 6.42 Å². The van der Waals surface area contributed by atoms with Gasteiger partial charge in [0.25, 0.3) is 5.88 Å². The second-order valence-electron chi connectivity index (χ2n) is 1.72. The van der Waals surface area contributed by atoms with E-state index in [9.17, 15) is 0 Å². The molecule has 0 amide bonds. The molecule has 0 saturated heterocycles. The van der Waals surface area contributed by atoms with Crippen LogP contribution in [0.2, 0.25) is 0 Å². The van der Waals surface area contributed by atoms with Crippen molar-refractivity contribution >= 4 is 5.88 Å². The van der Waals surface area contributed by atoms with Crippen molar-refractivity contribution in [2.75, 3.05) is 0 Å². The molecule has 0 aliphatic rings. The van der Waals surface area contributed by atoms with Gasteiger partial charge >= 0.3 is 0 Å². The van der Waals surface area contributed by atoms with Crippen molar-refractivity contribution in [2.24, 2.45) is 0 Å². The van der Waals surface area contributed by atoms with E-state index < -0.39 is 0 Å². The Kier molecular flexibility index (Phi) is 1.35. The zero-order chi connectivity index (χ0) is 5.98. The van der Waals surface area contributed by atoms with E-state index in [-0.39, 0.29) is 0 Å². The molecule has 0 atom stereocenters. The lowest BCUT2D eigenvalue weighted by Crippen LogP contribution is -2.39. The minimum atomic E-state index is 0.752. The minimum absolute atomic E-state index is 0.752. The van der Waals surface area contributed by atoms with Crippen LogP contribution in [0, 0.1) is 0 Å². The molecule has 0 radical (unpaired) electrons. The lowest BCUT2D eigenvalue weighted by Gasteiger charge is -1.80. The molecule has 2 nitrogen and oxygen atoms in total. The van der Waals surface area contributed by atoms with Crippen molar-refractivity contribution in [3.8, 4) is 0 Å². The maximum Gasteiger partial charge on any atom is 0.291 e. The van der Waals surface area contributed by atoms with Gasteiger partial charge in [-0.2, -0.15) is 0 Å². The van der Waals surface area contributed by atoms with Gasteiger partial charge in [0, 0.05) is 12.5 Å². The Balaban J connectivity index is 2.84. The summed E-state index contributed by atoms with van der Waals surface area (Å²) in [7, 11) is 0. The molecular weight excluding hydrogens is 102 g/mol. The van der Waals surface area contributed by atoms with Crippen molar-refractivity contribution in [1.82, 2.24) is 0 Å². The van der Waals surface area contributed by atoms with Crippen LogP contribution < -0.4 is 5.73 Å². The summed E-state index contributed by atoms with van der Waals surface area (Å²) in [5, 5.41) is 0. The van der Waals surface area contributed by atoms with Crippen LogP contribution in [0.4, 0.5) is 5.88 Å². The highest BCUT2D eigenvalue weighted by Crippen LogP contribution is 2.06. The summed E-state index contributed by atoms with van der Waals surface area (Å²) >= 11 is 0. The standard InChI is InChI=1S/C6H9NO/c1-2-5-3-4-6(7)8-5/h3-4H,2,7H2,1H3/p+1. The lowest BCUT2D eigenvalue weighted by atomic mass is 10.4. The van der Waals surface area contributed by atoms with Gasteiger partial charge in [0.15, 0.2) is 0 Å². The van der Waals surface area contributed by atoms with Gasteiger partial charge < -0.3 is 4.42 Å². The van der Waals surface area contributed by atoms with Gasteiger partial charge in [0.2, 0.25) is 0 Å². The Hall–Kier alpha value is -0.760. The van der Waals surface area contributed by atoms with Gasteiger partial charge in [0.05, 0.1) is 0 Å². The van der Waals surface area contributed by atoms with Crippen LogP contribution >= 0.6 is 0 Å². The molecule has 2 heteroatoms. The quantitative estimate of drug-likeness (QED) is 0.571. The summed E-state index contributed by atoms with van der Waals surface area (Å²) in [6.07, 6.45) is 0.954. The monoisotopic (exact) mass is 112 g/mol. The third kappa shape index (κ3) is 0.898. The van der Waals surface area contributed by atoms with E-state index in [1.54, 1.807) is 0 Å². The maximum atomic E-state index is 5.12. The summed E-state index contributed by atoms with van der Waals surface area (Å²) in [6.45, 7) is 2.05. The molecule has 0 spiro atoms. The smallest absolute Gasteiger partial charge is 0.291 e. The van der Waals surface area contributed by atoms with E-state index in [0.29, 0.717) is 0 Å². The number of rotatable bonds is 1. The van der Waals surface area contributed by atoms with Crippen LogP contribution in [-0.4, -0.2) is 0 Å². The average Bonchev–Trinajstić information content (AvgIpc) is 2.14. The molecule has 1 heterocycles. The number of furan rings is 1. The predicted octanol–water partition coefficient (Wildman–Crippen LogP) is 0.715. The Morgan fingerprint density at radius 2 is 2.38 bits per heavy atom. The summed E-state index contributed by atoms with van der Waals surface area (Å²) in [6, 6.07) is 3.82. The maximum absolute atomic E-state index is 5.12. The zero-order valence-corrected chi connectivity index (χ0v) is 4.98. The van der Waals surface area contributed by atoms with E-state index in [0.717, 1.165) is 18.1 Å². The summed E-state index contributed by atoms with van der Waals surface area (Å²) < 4.78 is 5.12. The van der Waals surface area contributed by atoms with E-state index in [1.807, 2.05) is 12.1 Å². The van der Waals surface area contributed by atoms with Gasteiger partial charge in [-0.3, -0.25) is 5.73 Å². The van der Waals surface area contributed by atoms with E-state index in [2.05, 4.69) is 12.7 Å². The van der Waals surface area contributed by atoms with Crippen molar-refractivity contribution in [3.63, 3.8) is 0 Å². The van der Waals surface area contributed by atoms with Crippen LogP contribution in [0.5, 0.6) is 0 Å². The Labute approximate surface area is 48.3 Å². The summed E-state index contributed by atoms with van der Waals surface area (Å²) in [5.74, 6) is 1.76. The molecule has 1 aromatic rings. The van der Waals surface area contributed by atoms with Gasteiger partial charge in [-0.1, -0.05) is 6.92 Å². The van der Waals surface area contributed by atoms with Crippen molar-refractivity contribution in [2.45, 2.75) is 13.3 Å². The summed E-state index contributed by atoms with van der Waals surface area (Å²) in [4.78, 5) is 0. The third-order valence-corrected chi connectivity index (χ3v) is 1.07. The highest BCUT2D eigenvalue weighted by atomic mass is 16.3. The molecule has 0 bridgehead atoms. The minimum Gasteiger partial charge on any atom is -0.417 e. The fourth-order valence-corrected chi connectivity index (χ4v) is 0.612. The zero-order valence-electron chi connectivity index (χ0n) is 4.98. The molecule has 0 aliphatic heterocycles. The largest absolute Gasteiger partial charge is 0.417 e. The fourth-order valence-electron chi connectivity index (χ4n) is 0.612. The third-order valence-electron chi connectivity index (χ3n) is 1.07. The Morgan fingerprint density at radius 3 is 2.62 bits per heavy atom. The SMILES string of the molecule is CCc1ccc([NH3+])o1. The van der Waals surface area contributed by atoms with Crippen LogP contribution in [0.15, 0.2) is 16.5 Å². The van der Waals surface area contributed by atoms with Gasteiger partial charge in [-0.15, -0.1) is 0 Å². The average molecular weight is 112 g/mol. The molecule has 0 unspecified atom stereocenters. The number of quaternary nitrogens is 1. The molecule has 44 valence electrons. The van der Waals surface area contributed by atoms with Gasteiger partial charge in [-0.05, 0) is 6.07 Å². The normalized spacial score (nSPS) is 9.75. The molecule has 1 aromatic heterocycles. The van der Waals surface area contributed by atoms with E-state index in [1.165, 1.54) is 0 Å². The van der Waals surface area contributed by atoms with Crippen molar-refractivity contribution in [3.05, 3.63) is 17.9 Å². The first kappa shape index (κ1) is 5.38. The highest BCUT2D eigenvalue weighted by Gasteiger charge is 1.94. The first-order chi connectivity index (χ1) is 3.83. The lowest BCUT2D eigenvalue weighted by molar-refractivity contribution is -0.278. The summed E-state index contributed by atoms with van der Waals surface area (Å²) in [5.41, 5.74) is 3.62. The number of aryl methyl sites for hydroxylation is 1. The molecule has 8 heavy (non-hydrogen) atoms. The van der Waals surface area contributed by atoms with Crippen LogP contribution in [0.25, 0.3) is 0 Å². The van der Waals surface area contributed by atoms with E-state index >= 15 is 0 Å². The first-order valence-electron chi connectivity index (χ1n) is 2.73. The molecule has 1 rings (SSSR count). The van der Waals surface area contributed by atoms with Gasteiger partial charge in [0.1, 0.15) is 5.76 Å². The van der Waals surface area contributed by atoms with E-state index in [4.69, 9.17) is 4.42 Å². The second-order valence-corrected chi connectivity index (χ2v) is 1.72. The Morgan fingerprint density at radius 1 is 1.62 bits per heavy atom. The predicted molar refractivity (Wildman–Crippen MR) is 30.6 cm³/mol. The molecular formula is C6H10NO+. The topological polar surface area (TPSA) is 40.8 Å². The molecule has 3 N–H and O–H groups in total. The Bertz CT molecular complexity index is 169. The van der Waals surface area contributed by atoms with Crippen LogP contribution in [0.1, 0.15) is 12.7 Å². The van der Waals surface area contributed by atoms with Crippen molar-refractivity contribution in [1.29, 1.82) is 0 Å². The fraction of sp³-hybridized carbons (Fsp3) is 0.333. The molecule has 0 fully saturated rings. The molecule has 0 aliphatic carbocycles. The van der Waals surface area contributed by atoms with Gasteiger partial charge in [-0.25, -0.2) is 0 Å². The second kappa shape index (κ2) is 2.01. The van der Waals surface area contributed by atoms with Crippen LogP contribution in [0.3, 0.4) is 0 Å². The number of hydrogen-bond donors (Lipinski definition) is 1. The van der Waals surface area contributed by atoms with Crippen molar-refractivity contribution < 1.29 is 10.2 Å². The number of hydrogen-bond acceptors (Lipinski definition) is 1. The highest BCUT2D eigenvalue weighted by molar-refractivity contribution is 5.15. The first-order valence-corrected chi connectivity index (χ1v) is 2.73.